The Labute approximate surface area is 211 Å². The summed E-state index contributed by atoms with van der Waals surface area (Å²) in [5, 5.41) is 10.6. The van der Waals surface area contributed by atoms with Crippen LogP contribution in [0.3, 0.4) is 0 Å². The van der Waals surface area contributed by atoms with Gasteiger partial charge in [0.25, 0.3) is 15.9 Å². The minimum Gasteiger partial charge on any atom is -0.380 e. The molecule has 2 N–H and O–H groups in total. The second-order valence-electron chi connectivity index (χ2n) is 10.0. The standard InChI is InChI=1S/C25H27F5N2O4S/c1-3-24(2,34)22(33)32-13-25(7-8-25)21(31-37(35,36)23(29)30)19(32)11-14-5-4-6-18(20(14)28)15-9-16(26)12-17(27)10-15/h4-6,9-10,12,19,21,23,31,34H,3,7-8,11,13H2,1-2H3/t19-,21+,24+/m0/s1. The largest absolute Gasteiger partial charge is 0.380 e. The molecule has 2 aromatic carbocycles. The van der Waals surface area contributed by atoms with Crippen LogP contribution in [0.25, 0.3) is 11.1 Å². The van der Waals surface area contributed by atoms with Crippen molar-refractivity contribution in [2.45, 2.75) is 63.0 Å². The second-order valence-corrected chi connectivity index (χ2v) is 11.7. The van der Waals surface area contributed by atoms with E-state index in [1.807, 2.05) is 4.72 Å². The molecular weight excluding hydrogens is 519 g/mol. The SMILES string of the molecule is CC[C@@](C)(O)C(=O)N1CC2(CC2)[C@H](NS(=O)(=O)C(F)F)[C@@H]1Cc1cccc(-c2cc(F)cc(F)c2)c1F. The number of benzene rings is 2. The summed E-state index contributed by atoms with van der Waals surface area (Å²) in [6.45, 7) is 2.87. The number of sulfonamides is 1. The number of carbonyl (C=O) groups excluding carboxylic acids is 1. The number of nitrogens with one attached hydrogen (secondary N) is 1. The van der Waals surface area contributed by atoms with Gasteiger partial charge in [0.15, 0.2) is 0 Å². The number of aliphatic hydroxyl groups is 1. The molecule has 1 heterocycles. The zero-order chi connectivity index (χ0) is 27.3. The summed E-state index contributed by atoms with van der Waals surface area (Å²) in [7, 11) is -5.06. The Bertz CT molecular complexity index is 1290. The van der Waals surface area contributed by atoms with Gasteiger partial charge in [0, 0.05) is 29.6 Å². The lowest BCUT2D eigenvalue weighted by Crippen LogP contribution is -2.54. The third-order valence-electron chi connectivity index (χ3n) is 7.44. The number of hydrogen-bond donors (Lipinski definition) is 2. The highest BCUT2D eigenvalue weighted by Crippen LogP contribution is 2.56. The summed E-state index contributed by atoms with van der Waals surface area (Å²) in [5.41, 5.74) is -2.85. The Morgan fingerprint density at radius 2 is 1.81 bits per heavy atom. The van der Waals surface area contributed by atoms with Crippen molar-refractivity contribution in [3.63, 3.8) is 0 Å². The molecule has 12 heteroatoms. The van der Waals surface area contributed by atoms with Crippen LogP contribution in [0.15, 0.2) is 36.4 Å². The number of nitrogens with zero attached hydrogens (tertiary/aromatic N) is 1. The molecule has 1 aliphatic carbocycles. The van der Waals surface area contributed by atoms with E-state index in [2.05, 4.69) is 0 Å². The van der Waals surface area contributed by atoms with Crippen molar-refractivity contribution >= 4 is 15.9 Å². The number of halogens is 5. The Balaban J connectivity index is 1.77. The zero-order valence-corrected chi connectivity index (χ0v) is 21.0. The van der Waals surface area contributed by atoms with Crippen molar-refractivity contribution in [3.05, 3.63) is 59.4 Å². The highest BCUT2D eigenvalue weighted by Gasteiger charge is 2.62. The highest BCUT2D eigenvalue weighted by molar-refractivity contribution is 7.89. The lowest BCUT2D eigenvalue weighted by molar-refractivity contribution is -0.151. The first-order chi connectivity index (χ1) is 17.2. The van der Waals surface area contributed by atoms with Crippen LogP contribution in [0, 0.1) is 22.9 Å². The van der Waals surface area contributed by atoms with Gasteiger partial charge < -0.3 is 10.0 Å². The van der Waals surface area contributed by atoms with E-state index >= 15 is 4.39 Å². The molecule has 6 nitrogen and oxygen atoms in total. The molecule has 4 rings (SSSR count). The maximum absolute atomic E-state index is 15.6. The van der Waals surface area contributed by atoms with Gasteiger partial charge in [-0.2, -0.15) is 8.78 Å². The number of likely N-dealkylation sites (tertiary alicyclic amines) is 1. The van der Waals surface area contributed by atoms with Crippen molar-refractivity contribution in [3.8, 4) is 11.1 Å². The fourth-order valence-electron chi connectivity index (χ4n) is 5.01. The average molecular weight is 547 g/mol. The monoisotopic (exact) mass is 546 g/mol. The molecule has 1 saturated heterocycles. The highest BCUT2D eigenvalue weighted by atomic mass is 32.2. The van der Waals surface area contributed by atoms with E-state index in [0.29, 0.717) is 18.9 Å². The van der Waals surface area contributed by atoms with Gasteiger partial charge in [-0.15, -0.1) is 0 Å². The van der Waals surface area contributed by atoms with Crippen LogP contribution < -0.4 is 4.72 Å². The van der Waals surface area contributed by atoms with Gasteiger partial charge in [0.05, 0.1) is 6.04 Å². The smallest absolute Gasteiger partial charge is 0.350 e. The molecule has 1 saturated carbocycles. The van der Waals surface area contributed by atoms with Gasteiger partial charge in [0.2, 0.25) is 0 Å². The van der Waals surface area contributed by atoms with E-state index < -0.39 is 62.2 Å². The van der Waals surface area contributed by atoms with E-state index in [1.165, 1.54) is 30.0 Å². The topological polar surface area (TPSA) is 86.7 Å². The first-order valence-corrected chi connectivity index (χ1v) is 13.3. The van der Waals surface area contributed by atoms with Crippen LogP contribution >= 0.6 is 0 Å². The minimum atomic E-state index is -5.06. The summed E-state index contributed by atoms with van der Waals surface area (Å²) < 4.78 is 96.0. The molecule has 3 atom stereocenters. The summed E-state index contributed by atoms with van der Waals surface area (Å²) in [4.78, 5) is 14.5. The lowest BCUT2D eigenvalue weighted by Gasteiger charge is -2.33. The second kappa shape index (κ2) is 9.63. The number of hydrogen-bond acceptors (Lipinski definition) is 4. The molecular formula is C25H27F5N2O4S. The Hall–Kier alpha value is -2.57. The molecule has 2 fully saturated rings. The van der Waals surface area contributed by atoms with Gasteiger partial charge in [-0.3, -0.25) is 4.79 Å². The Morgan fingerprint density at radius 1 is 1.19 bits per heavy atom. The fraction of sp³-hybridized carbons (Fsp3) is 0.480. The molecule has 37 heavy (non-hydrogen) atoms. The summed E-state index contributed by atoms with van der Waals surface area (Å²) in [6.07, 6.45) is 0.637. The van der Waals surface area contributed by atoms with E-state index in [-0.39, 0.29) is 36.1 Å². The van der Waals surface area contributed by atoms with Crippen molar-refractivity contribution in [1.29, 1.82) is 0 Å². The van der Waals surface area contributed by atoms with Crippen molar-refractivity contribution < 1.29 is 40.3 Å². The zero-order valence-electron chi connectivity index (χ0n) is 20.1. The third-order valence-corrected chi connectivity index (χ3v) is 8.49. The van der Waals surface area contributed by atoms with Gasteiger partial charge in [-0.1, -0.05) is 25.1 Å². The van der Waals surface area contributed by atoms with Crippen molar-refractivity contribution in [2.75, 3.05) is 6.54 Å². The summed E-state index contributed by atoms with van der Waals surface area (Å²) in [6, 6.07) is 4.40. The van der Waals surface area contributed by atoms with Crippen LogP contribution in [-0.2, 0) is 21.2 Å². The quantitative estimate of drug-likeness (QED) is 0.491. The molecule has 1 aliphatic heterocycles. The fourth-order valence-corrected chi connectivity index (χ4v) is 5.87. The molecule has 2 aromatic rings. The van der Waals surface area contributed by atoms with Crippen molar-refractivity contribution in [2.24, 2.45) is 5.41 Å². The van der Waals surface area contributed by atoms with E-state index in [4.69, 9.17) is 0 Å². The van der Waals surface area contributed by atoms with E-state index in [0.717, 1.165) is 12.1 Å². The van der Waals surface area contributed by atoms with Gasteiger partial charge in [-0.25, -0.2) is 26.3 Å². The lowest BCUT2D eigenvalue weighted by atomic mass is 9.91. The van der Waals surface area contributed by atoms with Crippen LogP contribution in [0.4, 0.5) is 22.0 Å². The maximum atomic E-state index is 15.6. The number of alkyl halides is 2. The Kier molecular flexibility index (Phi) is 7.15. The predicted molar refractivity (Wildman–Crippen MR) is 125 cm³/mol. The molecule has 0 radical (unpaired) electrons. The Morgan fingerprint density at radius 3 is 2.35 bits per heavy atom. The molecule has 0 bridgehead atoms. The normalized spacial score (nSPS) is 22.5. The van der Waals surface area contributed by atoms with Crippen LogP contribution in [0.5, 0.6) is 0 Å². The molecule has 0 unspecified atom stereocenters. The van der Waals surface area contributed by atoms with Crippen LogP contribution in [0.1, 0.15) is 38.7 Å². The van der Waals surface area contributed by atoms with Gasteiger partial charge in [-0.05, 0) is 55.9 Å². The van der Waals surface area contributed by atoms with Gasteiger partial charge >= 0.3 is 5.76 Å². The predicted octanol–water partition coefficient (Wildman–Crippen LogP) is 3.98. The van der Waals surface area contributed by atoms with Crippen LogP contribution in [0.2, 0.25) is 0 Å². The first kappa shape index (κ1) is 27.5. The minimum absolute atomic E-state index is 0.000504. The average Bonchev–Trinajstić information content (AvgIpc) is 3.54. The third kappa shape index (κ3) is 5.23. The number of carbonyl (C=O) groups is 1. The maximum Gasteiger partial charge on any atom is 0.350 e. The number of rotatable bonds is 8. The van der Waals surface area contributed by atoms with Crippen molar-refractivity contribution in [1.82, 2.24) is 9.62 Å². The van der Waals surface area contributed by atoms with E-state index in [9.17, 15) is 35.9 Å². The molecule has 1 amide bonds. The summed E-state index contributed by atoms with van der Waals surface area (Å²) in [5.74, 6) is -7.11. The number of amides is 1. The molecule has 202 valence electrons. The summed E-state index contributed by atoms with van der Waals surface area (Å²) >= 11 is 0. The molecule has 1 spiro atoms. The van der Waals surface area contributed by atoms with E-state index in [1.54, 1.807) is 6.92 Å². The van der Waals surface area contributed by atoms with Crippen LogP contribution in [-0.4, -0.2) is 54.3 Å². The molecule has 2 aliphatic rings. The first-order valence-electron chi connectivity index (χ1n) is 11.8. The molecule has 0 aromatic heterocycles. The van der Waals surface area contributed by atoms with Gasteiger partial charge in [0.1, 0.15) is 23.1 Å².